The Kier molecular flexibility index (Phi) is 6.63. The second-order valence-electron chi connectivity index (χ2n) is 7.24. The zero-order valence-corrected chi connectivity index (χ0v) is 16.5. The molecule has 1 aromatic rings. The number of nitrogens with one attached hydrogen (secondary N) is 1. The topological polar surface area (TPSA) is 66.5 Å². The third-order valence-electron chi connectivity index (χ3n) is 5.28. The molecule has 0 saturated heterocycles. The van der Waals surface area contributed by atoms with Gasteiger partial charge in [-0.15, -0.1) is 0 Å². The molecule has 0 heterocycles. The van der Waals surface area contributed by atoms with Crippen molar-refractivity contribution in [2.75, 3.05) is 7.05 Å². The number of hydrogen-bond donors (Lipinski definition) is 1. The average Bonchev–Trinajstić information content (AvgIpc) is 2.61. The first-order valence-corrected chi connectivity index (χ1v) is 10.6. The molecular formula is C19H30N2O3S. The second-order valence-corrected chi connectivity index (χ2v) is 9.24. The molecule has 140 valence electrons. The van der Waals surface area contributed by atoms with Crippen molar-refractivity contribution in [3.63, 3.8) is 0 Å². The minimum absolute atomic E-state index is 0.119. The Morgan fingerprint density at radius 3 is 2.20 bits per heavy atom. The molecule has 0 atom stereocenters. The summed E-state index contributed by atoms with van der Waals surface area (Å²) >= 11 is 0. The molecule has 1 aliphatic carbocycles. The highest BCUT2D eigenvalue weighted by atomic mass is 32.2. The van der Waals surface area contributed by atoms with E-state index in [2.05, 4.69) is 12.2 Å². The highest BCUT2D eigenvalue weighted by molar-refractivity contribution is 7.89. The first-order valence-electron chi connectivity index (χ1n) is 9.14. The maximum Gasteiger partial charge on any atom is 0.251 e. The summed E-state index contributed by atoms with van der Waals surface area (Å²) in [4.78, 5) is 12.6. The molecule has 1 aromatic carbocycles. The van der Waals surface area contributed by atoms with E-state index in [1.807, 2.05) is 13.8 Å². The summed E-state index contributed by atoms with van der Waals surface area (Å²) < 4.78 is 26.2. The minimum atomic E-state index is -3.52. The van der Waals surface area contributed by atoms with Crippen LogP contribution in [0.1, 0.15) is 63.2 Å². The highest BCUT2D eigenvalue weighted by Crippen LogP contribution is 2.26. The molecule has 5 nitrogen and oxygen atoms in total. The zero-order valence-electron chi connectivity index (χ0n) is 15.7. The van der Waals surface area contributed by atoms with E-state index in [-0.39, 0.29) is 22.9 Å². The van der Waals surface area contributed by atoms with Gasteiger partial charge in [0.25, 0.3) is 5.91 Å². The summed E-state index contributed by atoms with van der Waals surface area (Å²) in [6.45, 7) is 5.87. The van der Waals surface area contributed by atoms with Gasteiger partial charge >= 0.3 is 0 Å². The van der Waals surface area contributed by atoms with Crippen molar-refractivity contribution < 1.29 is 13.2 Å². The average molecular weight is 367 g/mol. The fourth-order valence-corrected chi connectivity index (χ4v) is 4.57. The molecular weight excluding hydrogens is 336 g/mol. The Morgan fingerprint density at radius 1 is 1.16 bits per heavy atom. The first kappa shape index (κ1) is 19.9. The fourth-order valence-electron chi connectivity index (χ4n) is 3.21. The number of nitrogens with zero attached hydrogens (tertiary/aromatic N) is 1. The van der Waals surface area contributed by atoms with Crippen molar-refractivity contribution >= 4 is 15.9 Å². The number of sulfonamides is 1. The van der Waals surface area contributed by atoms with Crippen LogP contribution in [0.2, 0.25) is 0 Å². The van der Waals surface area contributed by atoms with Gasteiger partial charge in [0, 0.05) is 24.7 Å². The molecule has 2 rings (SSSR count). The lowest BCUT2D eigenvalue weighted by atomic mass is 9.84. The van der Waals surface area contributed by atoms with E-state index in [1.54, 1.807) is 19.2 Å². The van der Waals surface area contributed by atoms with Crippen molar-refractivity contribution in [1.29, 1.82) is 0 Å². The van der Waals surface area contributed by atoms with Crippen molar-refractivity contribution in [3.8, 4) is 0 Å². The summed E-state index contributed by atoms with van der Waals surface area (Å²) in [6, 6.07) is 6.31. The highest BCUT2D eigenvalue weighted by Gasteiger charge is 2.24. The Morgan fingerprint density at radius 2 is 1.72 bits per heavy atom. The van der Waals surface area contributed by atoms with E-state index in [9.17, 15) is 13.2 Å². The molecule has 0 bridgehead atoms. The van der Waals surface area contributed by atoms with E-state index in [0.29, 0.717) is 5.56 Å². The molecule has 1 amide bonds. The van der Waals surface area contributed by atoms with Gasteiger partial charge in [-0.25, -0.2) is 8.42 Å². The molecule has 0 aromatic heterocycles. The van der Waals surface area contributed by atoms with Crippen LogP contribution in [-0.2, 0) is 10.0 Å². The third-order valence-corrected chi connectivity index (χ3v) is 7.33. The van der Waals surface area contributed by atoms with Gasteiger partial charge in [0.05, 0.1) is 4.90 Å². The van der Waals surface area contributed by atoms with Crippen LogP contribution in [0, 0.1) is 5.92 Å². The van der Waals surface area contributed by atoms with E-state index in [4.69, 9.17) is 0 Å². The lowest BCUT2D eigenvalue weighted by Crippen LogP contribution is -2.37. The largest absolute Gasteiger partial charge is 0.349 e. The summed E-state index contributed by atoms with van der Waals surface area (Å²) in [6.07, 6.45) is 5.59. The molecule has 0 spiro atoms. The number of amides is 1. The Labute approximate surface area is 151 Å². The van der Waals surface area contributed by atoms with Crippen LogP contribution in [0.3, 0.4) is 0 Å². The van der Waals surface area contributed by atoms with Gasteiger partial charge in [0.2, 0.25) is 10.0 Å². The van der Waals surface area contributed by atoms with Crippen molar-refractivity contribution in [2.45, 2.75) is 69.9 Å². The van der Waals surface area contributed by atoms with Crippen LogP contribution >= 0.6 is 0 Å². The lowest BCUT2D eigenvalue weighted by Gasteiger charge is -2.28. The van der Waals surface area contributed by atoms with Crippen molar-refractivity contribution in [3.05, 3.63) is 29.8 Å². The Balaban J connectivity index is 2.01. The van der Waals surface area contributed by atoms with Crippen molar-refractivity contribution in [2.24, 2.45) is 5.92 Å². The van der Waals surface area contributed by atoms with Crippen LogP contribution in [0.4, 0.5) is 0 Å². The maximum absolute atomic E-state index is 12.5. The van der Waals surface area contributed by atoms with Crippen LogP contribution < -0.4 is 5.32 Å². The monoisotopic (exact) mass is 366 g/mol. The summed E-state index contributed by atoms with van der Waals surface area (Å²) in [5.41, 5.74) is 0.503. The molecule has 1 aliphatic rings. The van der Waals surface area contributed by atoms with Crippen LogP contribution in [0.5, 0.6) is 0 Å². The quantitative estimate of drug-likeness (QED) is 0.839. The predicted molar refractivity (Wildman–Crippen MR) is 100 cm³/mol. The van der Waals surface area contributed by atoms with Crippen LogP contribution in [-0.4, -0.2) is 37.8 Å². The Hall–Kier alpha value is -1.40. The molecule has 1 N–H and O–H groups in total. The summed E-state index contributed by atoms with van der Waals surface area (Å²) in [5.74, 6) is 0.664. The molecule has 1 saturated carbocycles. The third kappa shape index (κ3) is 4.82. The van der Waals surface area contributed by atoms with Crippen LogP contribution in [0.15, 0.2) is 29.2 Å². The molecule has 0 unspecified atom stereocenters. The summed E-state index contributed by atoms with van der Waals surface area (Å²) in [7, 11) is -1.95. The van der Waals surface area contributed by atoms with Crippen LogP contribution in [0.25, 0.3) is 0 Å². The first-order chi connectivity index (χ1) is 11.8. The number of carbonyl (C=O) groups is 1. The van der Waals surface area contributed by atoms with Gasteiger partial charge in [0.15, 0.2) is 0 Å². The molecule has 1 fully saturated rings. The summed E-state index contributed by atoms with van der Waals surface area (Å²) in [5, 5.41) is 3.08. The number of hydrogen-bond acceptors (Lipinski definition) is 3. The van der Waals surface area contributed by atoms with Gasteiger partial charge in [0.1, 0.15) is 0 Å². The van der Waals surface area contributed by atoms with Gasteiger partial charge in [-0.1, -0.05) is 13.3 Å². The lowest BCUT2D eigenvalue weighted by molar-refractivity contribution is 0.0921. The van der Waals surface area contributed by atoms with Gasteiger partial charge in [-0.05, 0) is 69.7 Å². The van der Waals surface area contributed by atoms with E-state index >= 15 is 0 Å². The number of carbonyl (C=O) groups excluding carboxylic acids is 1. The smallest absolute Gasteiger partial charge is 0.251 e. The molecule has 0 aliphatic heterocycles. The van der Waals surface area contributed by atoms with Gasteiger partial charge < -0.3 is 5.32 Å². The second kappa shape index (κ2) is 8.32. The van der Waals surface area contributed by atoms with E-state index in [0.717, 1.165) is 18.8 Å². The molecule has 25 heavy (non-hydrogen) atoms. The minimum Gasteiger partial charge on any atom is -0.349 e. The maximum atomic E-state index is 12.5. The zero-order chi connectivity index (χ0) is 18.6. The standard InChI is InChI=1S/C19H30N2O3S/c1-5-15-6-10-17(11-7-15)20-19(22)16-8-12-18(13-9-16)25(23,24)21(4)14(2)3/h8-9,12-15,17H,5-7,10-11H2,1-4H3,(H,20,22). The molecule has 6 heteroatoms. The normalized spacial score (nSPS) is 21.5. The van der Waals surface area contributed by atoms with Gasteiger partial charge in [-0.3, -0.25) is 4.79 Å². The molecule has 0 radical (unpaired) electrons. The number of rotatable bonds is 6. The Bertz CT molecular complexity index is 675. The van der Waals surface area contributed by atoms with E-state index in [1.165, 1.54) is 35.7 Å². The fraction of sp³-hybridized carbons (Fsp3) is 0.632. The van der Waals surface area contributed by atoms with Gasteiger partial charge in [-0.2, -0.15) is 4.31 Å². The SMILES string of the molecule is CCC1CCC(NC(=O)c2ccc(S(=O)(=O)N(C)C(C)C)cc2)CC1. The predicted octanol–water partition coefficient (Wildman–Crippen LogP) is 3.41. The van der Waals surface area contributed by atoms with Crippen molar-refractivity contribution in [1.82, 2.24) is 9.62 Å². The number of benzene rings is 1. The van der Waals surface area contributed by atoms with E-state index < -0.39 is 10.0 Å².